The summed E-state index contributed by atoms with van der Waals surface area (Å²) in [5.41, 5.74) is 10.4. The Hall–Kier alpha value is -2.57. The van der Waals surface area contributed by atoms with Crippen molar-refractivity contribution in [2.24, 2.45) is 5.92 Å². The van der Waals surface area contributed by atoms with Crippen LogP contribution >= 0.6 is 0 Å². The van der Waals surface area contributed by atoms with E-state index >= 15 is 0 Å². The lowest BCUT2D eigenvalue weighted by Crippen LogP contribution is -2.45. The summed E-state index contributed by atoms with van der Waals surface area (Å²) in [4.78, 5) is 14.6. The Labute approximate surface area is 179 Å². The number of nitrogens with zero attached hydrogens (tertiary/aromatic N) is 1. The van der Waals surface area contributed by atoms with Gasteiger partial charge in [0, 0.05) is 30.9 Å². The molecule has 2 aromatic rings. The standard InChI is InChI=1S/C24H32N4O2/c1-3-30-21-9-7-20(8-10-21)25-24(29)28-13-11-18(12-14-28)22-16-23(27-26-22)19-6-4-5-17(2)15-19/h4-10,15,18,22-23,26-27H,3,11-14,16H2,1-2H3,(H,25,29). The SMILES string of the molecule is CCOc1ccc(NC(=O)N2CCC(C3CC(c4cccc(C)c4)NN3)CC2)cc1. The first-order valence-corrected chi connectivity index (χ1v) is 11.0. The molecule has 0 aromatic heterocycles. The molecule has 6 heteroatoms. The third-order valence-corrected chi connectivity index (χ3v) is 6.19. The molecule has 2 aliphatic heterocycles. The first-order chi connectivity index (χ1) is 14.6. The second-order valence-corrected chi connectivity index (χ2v) is 8.31. The highest BCUT2D eigenvalue weighted by Crippen LogP contribution is 2.31. The largest absolute Gasteiger partial charge is 0.494 e. The molecular weight excluding hydrogens is 376 g/mol. The van der Waals surface area contributed by atoms with Crippen LogP contribution in [0.25, 0.3) is 0 Å². The van der Waals surface area contributed by atoms with Gasteiger partial charge in [0.2, 0.25) is 0 Å². The summed E-state index contributed by atoms with van der Waals surface area (Å²) in [6.07, 6.45) is 3.14. The van der Waals surface area contributed by atoms with Crippen molar-refractivity contribution in [2.75, 3.05) is 25.0 Å². The van der Waals surface area contributed by atoms with Gasteiger partial charge in [-0.1, -0.05) is 29.8 Å². The van der Waals surface area contributed by atoms with Gasteiger partial charge in [-0.3, -0.25) is 10.9 Å². The average molecular weight is 409 g/mol. The van der Waals surface area contributed by atoms with Gasteiger partial charge in [0.05, 0.1) is 6.61 Å². The molecule has 6 nitrogen and oxygen atoms in total. The van der Waals surface area contributed by atoms with Crippen LogP contribution in [0.2, 0.25) is 0 Å². The summed E-state index contributed by atoms with van der Waals surface area (Å²) in [6, 6.07) is 17.0. The van der Waals surface area contributed by atoms with Crippen molar-refractivity contribution in [2.45, 2.75) is 45.2 Å². The van der Waals surface area contributed by atoms with Gasteiger partial charge in [-0.15, -0.1) is 0 Å². The lowest BCUT2D eigenvalue weighted by atomic mass is 9.86. The number of carbonyl (C=O) groups is 1. The fourth-order valence-corrected chi connectivity index (χ4v) is 4.50. The maximum absolute atomic E-state index is 12.6. The van der Waals surface area contributed by atoms with Crippen LogP contribution < -0.4 is 20.9 Å². The van der Waals surface area contributed by atoms with Crippen molar-refractivity contribution in [3.63, 3.8) is 0 Å². The van der Waals surface area contributed by atoms with Crippen LogP contribution in [0.15, 0.2) is 48.5 Å². The topological polar surface area (TPSA) is 65.6 Å². The maximum Gasteiger partial charge on any atom is 0.321 e. The Morgan fingerprint density at radius 2 is 1.90 bits per heavy atom. The number of benzene rings is 2. The molecule has 30 heavy (non-hydrogen) atoms. The molecule has 0 spiro atoms. The Morgan fingerprint density at radius 3 is 2.60 bits per heavy atom. The monoisotopic (exact) mass is 408 g/mol. The molecule has 2 heterocycles. The van der Waals surface area contributed by atoms with E-state index < -0.39 is 0 Å². The van der Waals surface area contributed by atoms with Gasteiger partial charge in [-0.2, -0.15) is 0 Å². The molecule has 2 unspecified atom stereocenters. The van der Waals surface area contributed by atoms with Crippen LogP contribution in [-0.4, -0.2) is 36.7 Å². The second kappa shape index (κ2) is 9.49. The fourth-order valence-electron chi connectivity index (χ4n) is 4.50. The van der Waals surface area contributed by atoms with Gasteiger partial charge in [0.15, 0.2) is 0 Å². The van der Waals surface area contributed by atoms with Gasteiger partial charge in [0.25, 0.3) is 0 Å². The number of nitrogens with one attached hydrogen (secondary N) is 3. The summed E-state index contributed by atoms with van der Waals surface area (Å²) in [6.45, 7) is 6.32. The number of piperidine rings is 1. The van der Waals surface area contributed by atoms with Crippen molar-refractivity contribution >= 4 is 11.7 Å². The number of carbonyl (C=O) groups excluding carboxylic acids is 1. The smallest absolute Gasteiger partial charge is 0.321 e. The zero-order valence-corrected chi connectivity index (χ0v) is 17.9. The summed E-state index contributed by atoms with van der Waals surface area (Å²) < 4.78 is 5.45. The van der Waals surface area contributed by atoms with Gasteiger partial charge in [-0.05, 0) is 68.9 Å². The molecule has 0 bridgehead atoms. The zero-order chi connectivity index (χ0) is 20.9. The molecule has 2 saturated heterocycles. The number of aryl methyl sites for hydroxylation is 1. The normalized spacial score (nSPS) is 22.1. The summed E-state index contributed by atoms with van der Waals surface area (Å²) >= 11 is 0. The number of amides is 2. The maximum atomic E-state index is 12.6. The van der Waals surface area contributed by atoms with Gasteiger partial charge in [-0.25, -0.2) is 4.79 Å². The molecule has 2 aromatic carbocycles. The third kappa shape index (κ3) is 4.94. The minimum Gasteiger partial charge on any atom is -0.494 e. The number of rotatable bonds is 5. The van der Waals surface area contributed by atoms with Crippen molar-refractivity contribution < 1.29 is 9.53 Å². The van der Waals surface area contributed by atoms with Crippen LogP contribution in [0.5, 0.6) is 5.75 Å². The molecule has 160 valence electrons. The van der Waals surface area contributed by atoms with E-state index in [2.05, 4.69) is 47.4 Å². The van der Waals surface area contributed by atoms with Crippen LogP contribution in [0.1, 0.15) is 43.4 Å². The Bertz CT molecular complexity index is 847. The molecule has 0 saturated carbocycles. The molecule has 0 radical (unpaired) electrons. The second-order valence-electron chi connectivity index (χ2n) is 8.31. The third-order valence-electron chi connectivity index (χ3n) is 6.19. The van der Waals surface area contributed by atoms with E-state index in [1.165, 1.54) is 11.1 Å². The summed E-state index contributed by atoms with van der Waals surface area (Å²) in [5, 5.41) is 3.00. The molecule has 2 aliphatic rings. The van der Waals surface area contributed by atoms with Crippen LogP contribution in [-0.2, 0) is 0 Å². The van der Waals surface area contributed by atoms with Crippen LogP contribution in [0, 0.1) is 12.8 Å². The number of ether oxygens (including phenoxy) is 1. The van der Waals surface area contributed by atoms with E-state index in [4.69, 9.17) is 4.74 Å². The number of hydrogen-bond acceptors (Lipinski definition) is 4. The lowest BCUT2D eigenvalue weighted by Gasteiger charge is -2.34. The van der Waals surface area contributed by atoms with Crippen molar-refractivity contribution in [1.82, 2.24) is 15.8 Å². The van der Waals surface area contributed by atoms with Crippen molar-refractivity contribution in [1.29, 1.82) is 0 Å². The van der Waals surface area contributed by atoms with Crippen LogP contribution in [0.4, 0.5) is 10.5 Å². The molecule has 4 rings (SSSR count). The van der Waals surface area contributed by atoms with Gasteiger partial charge in [0.1, 0.15) is 5.75 Å². The first-order valence-electron chi connectivity index (χ1n) is 11.0. The minimum atomic E-state index is -0.0206. The Balaban J connectivity index is 1.25. The average Bonchev–Trinajstić information content (AvgIpc) is 3.26. The van der Waals surface area contributed by atoms with E-state index in [9.17, 15) is 4.79 Å². The van der Waals surface area contributed by atoms with Crippen LogP contribution in [0.3, 0.4) is 0 Å². The number of urea groups is 1. The molecular formula is C24H32N4O2. The predicted molar refractivity (Wildman–Crippen MR) is 120 cm³/mol. The van der Waals surface area contributed by atoms with E-state index in [1.807, 2.05) is 36.1 Å². The van der Waals surface area contributed by atoms with E-state index in [0.717, 1.165) is 43.8 Å². The van der Waals surface area contributed by atoms with E-state index in [0.29, 0.717) is 24.6 Å². The molecule has 2 fully saturated rings. The molecule has 2 amide bonds. The first kappa shape index (κ1) is 20.7. The lowest BCUT2D eigenvalue weighted by molar-refractivity contribution is 0.169. The summed E-state index contributed by atoms with van der Waals surface area (Å²) in [7, 11) is 0. The Kier molecular flexibility index (Phi) is 6.55. The van der Waals surface area contributed by atoms with Gasteiger partial charge >= 0.3 is 6.03 Å². The highest BCUT2D eigenvalue weighted by Gasteiger charge is 2.34. The van der Waals surface area contributed by atoms with Crippen molar-refractivity contribution in [3.8, 4) is 5.75 Å². The summed E-state index contributed by atoms with van der Waals surface area (Å²) in [5.74, 6) is 1.40. The number of anilines is 1. The van der Waals surface area contributed by atoms with Crippen molar-refractivity contribution in [3.05, 3.63) is 59.7 Å². The number of hydrazine groups is 1. The van der Waals surface area contributed by atoms with E-state index in [-0.39, 0.29) is 6.03 Å². The molecule has 3 N–H and O–H groups in total. The Morgan fingerprint density at radius 1 is 1.13 bits per heavy atom. The zero-order valence-electron chi connectivity index (χ0n) is 17.9. The predicted octanol–water partition coefficient (Wildman–Crippen LogP) is 4.25. The molecule has 0 aliphatic carbocycles. The number of hydrogen-bond donors (Lipinski definition) is 3. The minimum absolute atomic E-state index is 0.0206. The highest BCUT2D eigenvalue weighted by atomic mass is 16.5. The fraction of sp³-hybridized carbons (Fsp3) is 0.458. The number of likely N-dealkylation sites (tertiary alicyclic amines) is 1. The molecule has 2 atom stereocenters. The quantitative estimate of drug-likeness (QED) is 0.692. The van der Waals surface area contributed by atoms with Gasteiger partial charge < -0.3 is 15.0 Å². The van der Waals surface area contributed by atoms with E-state index in [1.54, 1.807) is 0 Å². The highest BCUT2D eigenvalue weighted by molar-refractivity contribution is 5.89.